The fourth-order valence-corrected chi connectivity index (χ4v) is 1.10. The molecule has 0 aromatic heterocycles. The lowest BCUT2D eigenvalue weighted by molar-refractivity contribution is -0.127. The van der Waals surface area contributed by atoms with Crippen molar-refractivity contribution in [2.24, 2.45) is 5.41 Å². The lowest BCUT2D eigenvalue weighted by atomic mass is 9.76. The number of hydrogen-bond donors (Lipinski definition) is 2. The van der Waals surface area contributed by atoms with Crippen LogP contribution in [-0.2, 0) is 4.79 Å². The third-order valence-electron chi connectivity index (χ3n) is 3.45. The SMILES string of the molecule is CC(C)(C)C(C)(C)NC(=O)C1CCN1. The van der Waals surface area contributed by atoms with Gasteiger partial charge in [-0.15, -0.1) is 0 Å². The van der Waals surface area contributed by atoms with Crippen molar-refractivity contribution in [2.45, 2.75) is 52.6 Å². The highest BCUT2D eigenvalue weighted by molar-refractivity contribution is 5.83. The highest BCUT2D eigenvalue weighted by Gasteiger charge is 2.36. The van der Waals surface area contributed by atoms with Crippen molar-refractivity contribution >= 4 is 5.91 Å². The average molecular weight is 198 g/mol. The van der Waals surface area contributed by atoms with Gasteiger partial charge in [-0.1, -0.05) is 20.8 Å². The minimum atomic E-state index is -0.165. The Hall–Kier alpha value is -0.570. The van der Waals surface area contributed by atoms with Gasteiger partial charge < -0.3 is 10.6 Å². The maximum Gasteiger partial charge on any atom is 0.237 e. The Morgan fingerprint density at radius 3 is 2.07 bits per heavy atom. The molecule has 1 rings (SSSR count). The van der Waals surface area contributed by atoms with Gasteiger partial charge >= 0.3 is 0 Å². The molecule has 0 spiro atoms. The van der Waals surface area contributed by atoms with Gasteiger partial charge in [0.2, 0.25) is 5.91 Å². The Morgan fingerprint density at radius 2 is 1.79 bits per heavy atom. The fourth-order valence-electron chi connectivity index (χ4n) is 1.10. The topological polar surface area (TPSA) is 41.1 Å². The number of carbonyl (C=O) groups is 1. The number of amides is 1. The zero-order valence-electron chi connectivity index (χ0n) is 9.90. The van der Waals surface area contributed by atoms with Gasteiger partial charge in [0.15, 0.2) is 0 Å². The fraction of sp³-hybridized carbons (Fsp3) is 0.909. The second-order valence-corrected chi connectivity index (χ2v) is 5.66. The molecular weight excluding hydrogens is 176 g/mol. The Morgan fingerprint density at radius 1 is 1.29 bits per heavy atom. The summed E-state index contributed by atoms with van der Waals surface area (Å²) < 4.78 is 0. The Balaban J connectivity index is 2.53. The van der Waals surface area contributed by atoms with E-state index in [0.717, 1.165) is 13.0 Å². The highest BCUT2D eigenvalue weighted by atomic mass is 16.2. The minimum absolute atomic E-state index is 0.0385. The third-order valence-corrected chi connectivity index (χ3v) is 3.45. The van der Waals surface area contributed by atoms with Crippen molar-refractivity contribution < 1.29 is 4.79 Å². The van der Waals surface area contributed by atoms with E-state index in [4.69, 9.17) is 0 Å². The number of nitrogens with one attached hydrogen (secondary N) is 2. The zero-order chi connectivity index (χ0) is 11.0. The zero-order valence-corrected chi connectivity index (χ0v) is 9.90. The van der Waals surface area contributed by atoms with Crippen molar-refractivity contribution in [3.8, 4) is 0 Å². The molecule has 1 heterocycles. The van der Waals surface area contributed by atoms with E-state index in [1.165, 1.54) is 0 Å². The quantitative estimate of drug-likeness (QED) is 0.702. The molecule has 1 unspecified atom stereocenters. The van der Waals surface area contributed by atoms with Gasteiger partial charge in [0, 0.05) is 5.54 Å². The van der Waals surface area contributed by atoms with Gasteiger partial charge in [0.1, 0.15) is 0 Å². The van der Waals surface area contributed by atoms with Crippen LogP contribution in [0.15, 0.2) is 0 Å². The lowest BCUT2D eigenvalue weighted by Crippen LogP contribution is -2.60. The molecule has 0 radical (unpaired) electrons. The maximum atomic E-state index is 11.7. The average Bonchev–Trinajstić information content (AvgIpc) is 1.76. The van der Waals surface area contributed by atoms with E-state index in [1.54, 1.807) is 0 Å². The number of hydrogen-bond acceptors (Lipinski definition) is 2. The molecule has 82 valence electrons. The Kier molecular flexibility index (Phi) is 2.91. The first-order chi connectivity index (χ1) is 6.24. The van der Waals surface area contributed by atoms with Crippen molar-refractivity contribution in [2.75, 3.05) is 6.54 Å². The summed E-state index contributed by atoms with van der Waals surface area (Å²) >= 11 is 0. The Labute approximate surface area is 86.6 Å². The van der Waals surface area contributed by atoms with Crippen LogP contribution in [0.1, 0.15) is 41.0 Å². The molecular formula is C11H22N2O. The molecule has 0 aromatic carbocycles. The predicted molar refractivity (Wildman–Crippen MR) is 58.1 cm³/mol. The smallest absolute Gasteiger partial charge is 0.237 e. The first-order valence-electron chi connectivity index (χ1n) is 5.29. The van der Waals surface area contributed by atoms with Gasteiger partial charge in [-0.3, -0.25) is 4.79 Å². The number of rotatable bonds is 2. The van der Waals surface area contributed by atoms with Crippen LogP contribution in [0.5, 0.6) is 0 Å². The summed E-state index contributed by atoms with van der Waals surface area (Å²) in [7, 11) is 0. The molecule has 1 atom stereocenters. The summed E-state index contributed by atoms with van der Waals surface area (Å²) in [6.45, 7) is 11.5. The van der Waals surface area contributed by atoms with Crippen molar-refractivity contribution in [1.82, 2.24) is 10.6 Å². The van der Waals surface area contributed by atoms with Crippen molar-refractivity contribution in [1.29, 1.82) is 0 Å². The third kappa shape index (κ3) is 2.27. The second kappa shape index (κ2) is 3.54. The largest absolute Gasteiger partial charge is 0.349 e. The van der Waals surface area contributed by atoms with E-state index in [-0.39, 0.29) is 22.9 Å². The second-order valence-electron chi connectivity index (χ2n) is 5.66. The van der Waals surface area contributed by atoms with Gasteiger partial charge in [0.25, 0.3) is 0 Å². The summed E-state index contributed by atoms with van der Waals surface area (Å²) in [5.41, 5.74) is -0.0895. The molecule has 0 aliphatic carbocycles. The van der Waals surface area contributed by atoms with Gasteiger partial charge in [-0.2, -0.15) is 0 Å². The van der Waals surface area contributed by atoms with Crippen LogP contribution in [0, 0.1) is 5.41 Å². The molecule has 3 nitrogen and oxygen atoms in total. The van der Waals surface area contributed by atoms with Crippen LogP contribution in [0.25, 0.3) is 0 Å². The molecule has 1 aliphatic rings. The molecule has 1 fully saturated rings. The van der Waals surface area contributed by atoms with Crippen LogP contribution < -0.4 is 10.6 Å². The molecule has 1 amide bonds. The van der Waals surface area contributed by atoms with Crippen molar-refractivity contribution in [3.05, 3.63) is 0 Å². The molecule has 0 aromatic rings. The summed E-state index contributed by atoms with van der Waals surface area (Å²) in [6, 6.07) is 0.0385. The van der Waals surface area contributed by atoms with E-state index in [2.05, 4.69) is 45.3 Å². The van der Waals surface area contributed by atoms with Crippen molar-refractivity contribution in [3.63, 3.8) is 0 Å². The monoisotopic (exact) mass is 198 g/mol. The van der Waals surface area contributed by atoms with Gasteiger partial charge in [0.05, 0.1) is 6.04 Å². The summed E-state index contributed by atoms with van der Waals surface area (Å²) in [5, 5.41) is 6.20. The van der Waals surface area contributed by atoms with E-state index in [9.17, 15) is 4.79 Å². The predicted octanol–water partition coefficient (Wildman–Crippen LogP) is 1.29. The van der Waals surface area contributed by atoms with Gasteiger partial charge in [-0.05, 0) is 32.2 Å². The normalized spacial score (nSPS) is 22.8. The summed E-state index contributed by atoms with van der Waals surface area (Å²) in [5.74, 6) is 0.135. The molecule has 2 N–H and O–H groups in total. The summed E-state index contributed by atoms with van der Waals surface area (Å²) in [4.78, 5) is 11.7. The molecule has 1 aliphatic heterocycles. The minimum Gasteiger partial charge on any atom is -0.349 e. The molecule has 14 heavy (non-hydrogen) atoms. The van der Waals surface area contributed by atoms with Crippen LogP contribution >= 0.6 is 0 Å². The molecule has 0 bridgehead atoms. The lowest BCUT2D eigenvalue weighted by Gasteiger charge is -2.41. The van der Waals surface area contributed by atoms with Crippen LogP contribution in [0.4, 0.5) is 0 Å². The van der Waals surface area contributed by atoms with Crippen LogP contribution in [-0.4, -0.2) is 24.0 Å². The van der Waals surface area contributed by atoms with E-state index in [0.29, 0.717) is 0 Å². The number of carbonyl (C=O) groups excluding carboxylic acids is 1. The highest BCUT2D eigenvalue weighted by Crippen LogP contribution is 2.29. The van der Waals surface area contributed by atoms with Crippen LogP contribution in [0.2, 0.25) is 0 Å². The Bertz CT molecular complexity index is 224. The summed E-state index contributed by atoms with van der Waals surface area (Å²) in [6.07, 6.45) is 0.964. The van der Waals surface area contributed by atoms with Gasteiger partial charge in [-0.25, -0.2) is 0 Å². The molecule has 1 saturated heterocycles. The first-order valence-corrected chi connectivity index (χ1v) is 5.29. The standard InChI is InChI=1S/C11H22N2O/c1-10(2,3)11(4,5)13-9(14)8-6-7-12-8/h8,12H,6-7H2,1-5H3,(H,13,14). The van der Waals surface area contributed by atoms with E-state index in [1.807, 2.05) is 0 Å². The molecule has 3 heteroatoms. The molecule has 0 saturated carbocycles. The van der Waals surface area contributed by atoms with E-state index >= 15 is 0 Å². The first kappa shape index (κ1) is 11.5. The van der Waals surface area contributed by atoms with Crippen LogP contribution in [0.3, 0.4) is 0 Å². The maximum absolute atomic E-state index is 11.7. The van der Waals surface area contributed by atoms with E-state index < -0.39 is 0 Å².